The van der Waals surface area contributed by atoms with Crippen LogP contribution in [0.2, 0.25) is 0 Å². The lowest BCUT2D eigenvalue weighted by atomic mass is 9.83. The van der Waals surface area contributed by atoms with Gasteiger partial charge in [0.15, 0.2) is 0 Å². The number of hydrogen-bond acceptors (Lipinski definition) is 4. The van der Waals surface area contributed by atoms with Crippen LogP contribution < -0.4 is 5.73 Å². The lowest BCUT2D eigenvalue weighted by Crippen LogP contribution is -2.56. The molecule has 0 saturated carbocycles. The zero-order valence-corrected chi connectivity index (χ0v) is 13.0. The summed E-state index contributed by atoms with van der Waals surface area (Å²) in [5, 5.41) is 4.24. The van der Waals surface area contributed by atoms with Crippen molar-refractivity contribution in [3.05, 3.63) is 18.0 Å². The van der Waals surface area contributed by atoms with Gasteiger partial charge in [0, 0.05) is 44.0 Å². The van der Waals surface area contributed by atoms with E-state index in [0.717, 1.165) is 38.8 Å². The number of nitrogens with two attached hydrogens (primary N) is 1. The van der Waals surface area contributed by atoms with Gasteiger partial charge in [-0.1, -0.05) is 13.3 Å². The molecule has 2 N–H and O–H groups in total. The van der Waals surface area contributed by atoms with Crippen molar-refractivity contribution in [2.45, 2.75) is 50.8 Å². The van der Waals surface area contributed by atoms with Gasteiger partial charge in [-0.2, -0.15) is 5.10 Å². The monoisotopic (exact) mass is 280 g/mol. The minimum absolute atomic E-state index is 0.0634. The fourth-order valence-corrected chi connectivity index (χ4v) is 3.19. The standard InChI is InChI=1S/C15H28N4O/c1-4-5-14-8-15(12-16,6-7-20-14)18(2)10-13-9-17-19(3)11-13/h9,11,14H,4-8,10,12,16H2,1-3H3. The maximum Gasteiger partial charge on any atom is 0.0593 e. The van der Waals surface area contributed by atoms with E-state index in [9.17, 15) is 0 Å². The molecule has 1 aliphatic rings. The first-order chi connectivity index (χ1) is 9.59. The molecule has 5 nitrogen and oxygen atoms in total. The molecular weight excluding hydrogens is 252 g/mol. The molecule has 1 saturated heterocycles. The highest BCUT2D eigenvalue weighted by molar-refractivity contribution is 5.06. The fraction of sp³-hybridized carbons (Fsp3) is 0.800. The molecule has 2 rings (SSSR count). The van der Waals surface area contributed by atoms with Crippen molar-refractivity contribution in [1.29, 1.82) is 0 Å². The summed E-state index contributed by atoms with van der Waals surface area (Å²) in [6.07, 6.45) is 8.70. The maximum atomic E-state index is 6.14. The second-order valence-corrected chi connectivity index (χ2v) is 6.04. The number of likely N-dealkylation sites (N-methyl/N-ethyl adjacent to an activating group) is 1. The normalized spacial score (nSPS) is 27.1. The zero-order chi connectivity index (χ0) is 14.6. The predicted octanol–water partition coefficient (Wildman–Crippen LogP) is 1.53. The van der Waals surface area contributed by atoms with E-state index < -0.39 is 0 Å². The van der Waals surface area contributed by atoms with Crippen molar-refractivity contribution in [3.63, 3.8) is 0 Å². The summed E-state index contributed by atoms with van der Waals surface area (Å²) in [6.45, 7) is 4.61. The van der Waals surface area contributed by atoms with Crippen LogP contribution >= 0.6 is 0 Å². The highest BCUT2D eigenvalue weighted by Gasteiger charge is 2.39. The number of aryl methyl sites for hydroxylation is 1. The van der Waals surface area contributed by atoms with E-state index in [2.05, 4.69) is 30.2 Å². The van der Waals surface area contributed by atoms with Gasteiger partial charge in [0.25, 0.3) is 0 Å². The first-order valence-electron chi connectivity index (χ1n) is 7.60. The second-order valence-electron chi connectivity index (χ2n) is 6.04. The average molecular weight is 280 g/mol. The largest absolute Gasteiger partial charge is 0.378 e. The van der Waals surface area contributed by atoms with E-state index >= 15 is 0 Å². The first kappa shape index (κ1) is 15.5. The Morgan fingerprint density at radius 1 is 1.60 bits per heavy atom. The summed E-state index contributed by atoms with van der Waals surface area (Å²) in [4.78, 5) is 2.40. The molecule has 0 spiro atoms. The van der Waals surface area contributed by atoms with Crippen LogP contribution in [-0.4, -0.2) is 46.5 Å². The highest BCUT2D eigenvalue weighted by atomic mass is 16.5. The molecule has 0 radical (unpaired) electrons. The zero-order valence-electron chi connectivity index (χ0n) is 13.0. The number of rotatable bonds is 6. The van der Waals surface area contributed by atoms with Crippen LogP contribution in [0.4, 0.5) is 0 Å². The van der Waals surface area contributed by atoms with Crippen molar-refractivity contribution in [3.8, 4) is 0 Å². The molecule has 0 bridgehead atoms. The molecule has 2 heterocycles. The van der Waals surface area contributed by atoms with Gasteiger partial charge >= 0.3 is 0 Å². The summed E-state index contributed by atoms with van der Waals surface area (Å²) in [5.74, 6) is 0. The minimum atomic E-state index is 0.0634. The second kappa shape index (κ2) is 6.70. The molecule has 0 amide bonds. The van der Waals surface area contributed by atoms with Crippen LogP contribution in [0.25, 0.3) is 0 Å². The third-order valence-corrected chi connectivity index (χ3v) is 4.51. The van der Waals surface area contributed by atoms with Crippen molar-refractivity contribution >= 4 is 0 Å². The quantitative estimate of drug-likeness (QED) is 0.858. The Kier molecular flexibility index (Phi) is 5.18. The van der Waals surface area contributed by atoms with Crippen molar-refractivity contribution < 1.29 is 4.74 Å². The summed E-state index contributed by atoms with van der Waals surface area (Å²) in [6, 6.07) is 0. The molecule has 20 heavy (non-hydrogen) atoms. The molecule has 1 fully saturated rings. The summed E-state index contributed by atoms with van der Waals surface area (Å²) in [7, 11) is 4.13. The van der Waals surface area contributed by atoms with Crippen LogP contribution in [0.3, 0.4) is 0 Å². The van der Waals surface area contributed by atoms with Crippen LogP contribution in [0.15, 0.2) is 12.4 Å². The highest BCUT2D eigenvalue weighted by Crippen LogP contribution is 2.32. The topological polar surface area (TPSA) is 56.3 Å². The van der Waals surface area contributed by atoms with Gasteiger partial charge in [0.2, 0.25) is 0 Å². The van der Waals surface area contributed by atoms with Gasteiger partial charge in [-0.25, -0.2) is 0 Å². The molecule has 5 heteroatoms. The van der Waals surface area contributed by atoms with Crippen LogP contribution in [0.5, 0.6) is 0 Å². The van der Waals surface area contributed by atoms with Gasteiger partial charge in [0.05, 0.1) is 12.3 Å². The van der Waals surface area contributed by atoms with Crippen LogP contribution in [0.1, 0.15) is 38.2 Å². The van der Waals surface area contributed by atoms with Crippen LogP contribution in [-0.2, 0) is 18.3 Å². The number of ether oxygens (including phenoxy) is 1. The maximum absolute atomic E-state index is 6.14. The van der Waals surface area contributed by atoms with Crippen molar-refractivity contribution in [1.82, 2.24) is 14.7 Å². The smallest absolute Gasteiger partial charge is 0.0593 e. The Bertz CT molecular complexity index is 418. The Morgan fingerprint density at radius 2 is 2.40 bits per heavy atom. The molecule has 2 unspecified atom stereocenters. The molecule has 0 aliphatic carbocycles. The van der Waals surface area contributed by atoms with E-state index in [1.54, 1.807) is 0 Å². The number of hydrogen-bond donors (Lipinski definition) is 1. The molecule has 114 valence electrons. The first-order valence-corrected chi connectivity index (χ1v) is 7.60. The van der Waals surface area contributed by atoms with Gasteiger partial charge < -0.3 is 10.5 Å². The van der Waals surface area contributed by atoms with Crippen LogP contribution in [0, 0.1) is 0 Å². The lowest BCUT2D eigenvalue weighted by Gasteiger charge is -2.46. The summed E-state index contributed by atoms with van der Waals surface area (Å²) in [5.41, 5.74) is 7.44. The van der Waals surface area contributed by atoms with Gasteiger partial charge in [-0.15, -0.1) is 0 Å². The third-order valence-electron chi connectivity index (χ3n) is 4.51. The Hall–Kier alpha value is -0.910. The Morgan fingerprint density at radius 3 is 3.00 bits per heavy atom. The van der Waals surface area contributed by atoms with Gasteiger partial charge in [-0.05, 0) is 26.3 Å². The molecule has 2 atom stereocenters. The third kappa shape index (κ3) is 3.40. The minimum Gasteiger partial charge on any atom is -0.378 e. The van der Waals surface area contributed by atoms with Gasteiger partial charge in [0.1, 0.15) is 0 Å². The average Bonchev–Trinajstić information content (AvgIpc) is 2.84. The van der Waals surface area contributed by atoms with E-state index in [0.29, 0.717) is 12.6 Å². The lowest BCUT2D eigenvalue weighted by molar-refractivity contribution is -0.0691. The summed E-state index contributed by atoms with van der Waals surface area (Å²) < 4.78 is 7.73. The molecule has 1 aromatic rings. The Balaban J connectivity index is 2.04. The number of nitrogens with zero attached hydrogens (tertiary/aromatic N) is 3. The molecule has 1 aliphatic heterocycles. The summed E-state index contributed by atoms with van der Waals surface area (Å²) >= 11 is 0. The van der Waals surface area contributed by atoms with E-state index in [-0.39, 0.29) is 5.54 Å². The fourth-order valence-electron chi connectivity index (χ4n) is 3.19. The van der Waals surface area contributed by atoms with E-state index in [1.165, 1.54) is 5.56 Å². The molecule has 0 aromatic carbocycles. The molecule has 1 aromatic heterocycles. The molecular formula is C15H28N4O. The van der Waals surface area contributed by atoms with Crippen molar-refractivity contribution in [2.24, 2.45) is 12.8 Å². The van der Waals surface area contributed by atoms with Crippen molar-refractivity contribution in [2.75, 3.05) is 20.2 Å². The van der Waals surface area contributed by atoms with E-state index in [1.807, 2.05) is 17.9 Å². The Labute approximate surface area is 122 Å². The number of aromatic nitrogens is 2. The SMILES string of the molecule is CCCC1CC(CN)(N(C)Cc2cnn(C)c2)CCO1. The van der Waals surface area contributed by atoms with Gasteiger partial charge in [-0.3, -0.25) is 9.58 Å². The van der Waals surface area contributed by atoms with E-state index in [4.69, 9.17) is 10.5 Å². The predicted molar refractivity (Wildman–Crippen MR) is 80.3 cm³/mol.